The van der Waals surface area contributed by atoms with Gasteiger partial charge in [-0.2, -0.15) is 26.3 Å². The summed E-state index contributed by atoms with van der Waals surface area (Å²) in [6, 6.07) is 0. The van der Waals surface area contributed by atoms with Crippen molar-refractivity contribution in [3.8, 4) is 0 Å². The average molecular weight is 258 g/mol. The van der Waals surface area contributed by atoms with E-state index >= 15 is 0 Å². The molecule has 0 aromatic carbocycles. The highest BCUT2D eigenvalue weighted by atomic mass is 28.2. The number of alkyl halides is 6. The molecule has 0 spiro atoms. The Morgan fingerprint density at radius 1 is 0.800 bits per heavy atom. The quantitative estimate of drug-likeness (QED) is 0.462. The predicted molar refractivity (Wildman–Crippen MR) is 42.0 cm³/mol. The molecule has 8 heteroatoms. The van der Waals surface area contributed by atoms with Crippen LogP contribution >= 0.6 is 0 Å². The summed E-state index contributed by atoms with van der Waals surface area (Å²) in [5, 5.41) is 0. The van der Waals surface area contributed by atoms with Crippen molar-refractivity contribution in [2.45, 2.75) is 29.9 Å². The number of hydrogen-bond donors (Lipinski definition) is 0. The Bertz CT molecular complexity index is 219. The van der Waals surface area contributed by atoms with Gasteiger partial charge in [0.1, 0.15) is 0 Å². The second-order valence-corrected chi connectivity index (χ2v) is 5.20. The van der Waals surface area contributed by atoms with Gasteiger partial charge in [0.15, 0.2) is 0 Å². The van der Waals surface area contributed by atoms with Crippen molar-refractivity contribution in [2.75, 3.05) is 0 Å². The molecule has 0 nitrogen and oxygen atoms in total. The topological polar surface area (TPSA) is 0 Å². The lowest BCUT2D eigenvalue weighted by molar-refractivity contribution is -0.127. The fourth-order valence-electron chi connectivity index (χ4n) is 1.52. The first-order chi connectivity index (χ1) is 6.47. The summed E-state index contributed by atoms with van der Waals surface area (Å²) in [4.78, 5) is 0. The maximum Gasteiger partial charge on any atom is 0.395 e. The third-order valence-electron chi connectivity index (χ3n) is 2.21. The molecule has 1 rings (SSSR count). The molecule has 0 saturated heterocycles. The van der Waals surface area contributed by atoms with Crippen molar-refractivity contribution in [3.63, 3.8) is 0 Å². The van der Waals surface area contributed by atoms with Gasteiger partial charge in [-0.25, -0.2) is 0 Å². The molecule has 1 aliphatic carbocycles. The van der Waals surface area contributed by atoms with E-state index in [1.54, 1.807) is 0 Å². The molecule has 1 saturated carbocycles. The molecule has 1 fully saturated rings. The minimum absolute atomic E-state index is 0.647. The summed E-state index contributed by atoms with van der Waals surface area (Å²) in [7, 11) is 5.01. The first kappa shape index (κ1) is 13.1. The van der Waals surface area contributed by atoms with Crippen molar-refractivity contribution in [1.29, 1.82) is 0 Å². The Morgan fingerprint density at radius 2 is 1.07 bits per heavy atom. The van der Waals surface area contributed by atoms with E-state index in [4.69, 9.17) is 0 Å². The van der Waals surface area contributed by atoms with Gasteiger partial charge in [0.2, 0.25) is 0 Å². The Balaban J connectivity index is 2.95. The molecule has 0 aliphatic heterocycles. The van der Waals surface area contributed by atoms with Crippen LogP contribution in [0.5, 0.6) is 0 Å². The fourth-order valence-corrected chi connectivity index (χ4v) is 2.58. The van der Waals surface area contributed by atoms with Crippen LogP contribution < -0.4 is 0 Å². The second-order valence-electron chi connectivity index (χ2n) is 3.20. The molecule has 0 atom stereocenters. The molecule has 1 aliphatic rings. The van der Waals surface area contributed by atoms with E-state index in [0.29, 0.717) is 0 Å². The number of hydrogen-bond acceptors (Lipinski definition) is 0. The van der Waals surface area contributed by atoms with E-state index in [0.717, 1.165) is 0 Å². The van der Waals surface area contributed by atoms with Crippen LogP contribution in [0.3, 0.4) is 0 Å². The zero-order valence-corrected chi connectivity index (χ0v) is 9.18. The molecular weight excluding hydrogens is 254 g/mol. The van der Waals surface area contributed by atoms with Gasteiger partial charge in [-0.3, -0.25) is 0 Å². The largest absolute Gasteiger partial charge is 0.395 e. The zero-order chi connectivity index (χ0) is 12.1. The monoisotopic (exact) mass is 258 g/mol. The van der Waals surface area contributed by atoms with Crippen molar-refractivity contribution in [2.24, 2.45) is 0 Å². The summed E-state index contributed by atoms with van der Waals surface area (Å²) in [5.74, 6) is -2.31. The maximum absolute atomic E-state index is 12.3. The van der Waals surface area contributed by atoms with Gasteiger partial charge in [-0.15, -0.1) is 0 Å². The highest BCUT2D eigenvalue weighted by molar-refractivity contribution is 6.44. The van der Waals surface area contributed by atoms with Crippen LogP contribution in [0.15, 0.2) is 0 Å². The Hall–Kier alpha value is 0.0138. The van der Waals surface area contributed by atoms with E-state index in [1.165, 1.54) is 0 Å². The van der Waals surface area contributed by atoms with Crippen LogP contribution in [-0.2, 0) is 0 Å². The van der Waals surface area contributed by atoms with Crippen molar-refractivity contribution >= 4 is 20.5 Å². The van der Waals surface area contributed by atoms with E-state index in [-0.39, 0.29) is 0 Å². The molecule has 0 N–H and O–H groups in total. The standard InChI is InChI=1S/C7H4F6Si2/c8-6(9,10)3-1-2-4(5(3,14)15)7(11,12)13/h1-2H2. The van der Waals surface area contributed by atoms with Crippen molar-refractivity contribution < 1.29 is 26.3 Å². The first-order valence-electron chi connectivity index (χ1n) is 3.84. The van der Waals surface area contributed by atoms with E-state index in [1.807, 2.05) is 0 Å². The summed E-state index contributed by atoms with van der Waals surface area (Å²) >= 11 is 0. The summed E-state index contributed by atoms with van der Waals surface area (Å²) in [5.41, 5.74) is 0. The van der Waals surface area contributed by atoms with E-state index in [2.05, 4.69) is 20.5 Å². The molecule has 0 aromatic heterocycles. The molecule has 0 heterocycles. The van der Waals surface area contributed by atoms with Crippen molar-refractivity contribution in [1.82, 2.24) is 0 Å². The molecule has 0 amide bonds. The molecular formula is C7H4F6Si2. The highest BCUT2D eigenvalue weighted by Gasteiger charge is 2.63. The predicted octanol–water partition coefficient (Wildman–Crippen LogP) is 2.51. The van der Waals surface area contributed by atoms with Crippen LogP contribution in [-0.4, -0.2) is 32.8 Å². The van der Waals surface area contributed by atoms with Gasteiger partial charge in [0, 0.05) is 20.5 Å². The lowest BCUT2D eigenvalue weighted by atomic mass is 10.0. The van der Waals surface area contributed by atoms with Crippen molar-refractivity contribution in [3.05, 3.63) is 11.8 Å². The lowest BCUT2D eigenvalue weighted by Crippen LogP contribution is -2.37. The second kappa shape index (κ2) is 3.51. The van der Waals surface area contributed by atoms with Crippen LogP contribution in [0, 0.1) is 11.8 Å². The molecule has 0 aromatic rings. The van der Waals surface area contributed by atoms with Gasteiger partial charge in [-0.05, 0) is 17.5 Å². The molecule has 0 unspecified atom stereocenters. The van der Waals surface area contributed by atoms with Crippen LogP contribution in [0.2, 0.25) is 4.66 Å². The third-order valence-corrected chi connectivity index (χ3v) is 3.42. The molecule has 0 bridgehead atoms. The molecule has 15 heavy (non-hydrogen) atoms. The van der Waals surface area contributed by atoms with Gasteiger partial charge in [0.05, 0.1) is 11.8 Å². The summed E-state index contributed by atoms with van der Waals surface area (Å²) in [6.45, 7) is 0. The SMILES string of the molecule is FC(F)(F)[C]1CC[C](C(F)(F)F)C1([Si])[Si]. The number of halogens is 6. The first-order valence-corrected chi connectivity index (χ1v) is 4.84. The highest BCUT2D eigenvalue weighted by Crippen LogP contribution is 2.62. The van der Waals surface area contributed by atoms with Crippen LogP contribution in [0.1, 0.15) is 12.8 Å². The van der Waals surface area contributed by atoms with E-state index in [9.17, 15) is 26.3 Å². The van der Waals surface area contributed by atoms with Gasteiger partial charge in [0.25, 0.3) is 0 Å². The van der Waals surface area contributed by atoms with Gasteiger partial charge < -0.3 is 0 Å². The summed E-state index contributed by atoms with van der Waals surface area (Å²) < 4.78 is 71.7. The minimum atomic E-state index is -4.74. The molecule has 82 valence electrons. The maximum atomic E-state index is 12.3. The normalized spacial score (nSPS) is 24.8. The Morgan fingerprint density at radius 3 is 1.20 bits per heavy atom. The number of rotatable bonds is 0. The Labute approximate surface area is 89.3 Å². The van der Waals surface area contributed by atoms with E-state index < -0.39 is 41.7 Å². The zero-order valence-electron chi connectivity index (χ0n) is 7.18. The minimum Gasteiger partial charge on any atom is -0.170 e. The lowest BCUT2D eigenvalue weighted by Gasteiger charge is -2.33. The smallest absolute Gasteiger partial charge is 0.170 e. The average Bonchev–Trinajstić information content (AvgIpc) is 2.21. The summed E-state index contributed by atoms with van der Waals surface area (Å²) in [6.07, 6.45) is -10.8. The van der Waals surface area contributed by atoms with Gasteiger partial charge in [-0.1, -0.05) is 0 Å². The fraction of sp³-hybridized carbons (Fsp3) is 0.714. The van der Waals surface area contributed by atoms with Crippen LogP contribution in [0.25, 0.3) is 0 Å². The Kier molecular flexibility index (Phi) is 3.06. The third kappa shape index (κ3) is 2.40. The molecule has 8 radical (unpaired) electrons. The van der Waals surface area contributed by atoms with Crippen LogP contribution in [0.4, 0.5) is 26.3 Å². The van der Waals surface area contributed by atoms with Gasteiger partial charge >= 0.3 is 12.4 Å².